The van der Waals surface area contributed by atoms with Crippen LogP contribution < -0.4 is 0 Å². The van der Waals surface area contributed by atoms with E-state index in [4.69, 9.17) is 4.98 Å². The maximum Gasteiger partial charge on any atom is 0.185 e. The molecule has 1 aliphatic rings. The highest BCUT2D eigenvalue weighted by Gasteiger charge is 2.25. The SMILES string of the molecule is CCC1CCc2c(sc3ncn4nc(-c5ccccc5O)nc4c23)C1. The average Bonchev–Trinajstić information content (AvgIpc) is 3.21. The summed E-state index contributed by atoms with van der Waals surface area (Å²) in [5, 5.41) is 15.8. The van der Waals surface area contributed by atoms with Gasteiger partial charge in [-0.2, -0.15) is 0 Å². The van der Waals surface area contributed by atoms with Gasteiger partial charge in [-0.3, -0.25) is 0 Å². The molecule has 5 rings (SSSR count). The van der Waals surface area contributed by atoms with E-state index in [2.05, 4.69) is 17.0 Å². The second-order valence-electron chi connectivity index (χ2n) is 6.67. The number of aromatic hydroxyl groups is 1. The lowest BCUT2D eigenvalue weighted by molar-refractivity contribution is 0.451. The van der Waals surface area contributed by atoms with Crippen molar-refractivity contribution in [3.05, 3.63) is 41.0 Å². The fourth-order valence-electron chi connectivity index (χ4n) is 3.77. The predicted molar refractivity (Wildman–Crippen MR) is 99.1 cm³/mol. The van der Waals surface area contributed by atoms with E-state index >= 15 is 0 Å². The molecule has 3 heterocycles. The molecule has 0 spiro atoms. The van der Waals surface area contributed by atoms with Crippen molar-refractivity contribution >= 4 is 27.2 Å². The number of para-hydroxylation sites is 1. The van der Waals surface area contributed by atoms with Crippen LogP contribution in [0.3, 0.4) is 0 Å². The van der Waals surface area contributed by atoms with E-state index in [1.807, 2.05) is 12.1 Å². The molecule has 0 radical (unpaired) electrons. The Morgan fingerprint density at radius 1 is 1.32 bits per heavy atom. The number of hydrogen-bond acceptors (Lipinski definition) is 5. The second kappa shape index (κ2) is 5.52. The summed E-state index contributed by atoms with van der Waals surface area (Å²) >= 11 is 1.80. The molecule has 0 saturated carbocycles. The lowest BCUT2D eigenvalue weighted by atomic mass is 9.86. The summed E-state index contributed by atoms with van der Waals surface area (Å²) in [6.07, 6.45) is 6.44. The summed E-state index contributed by atoms with van der Waals surface area (Å²) in [6.45, 7) is 2.27. The van der Waals surface area contributed by atoms with Crippen molar-refractivity contribution in [3.8, 4) is 17.1 Å². The first kappa shape index (κ1) is 14.8. The molecule has 0 bridgehead atoms. The minimum absolute atomic E-state index is 0.195. The summed E-state index contributed by atoms with van der Waals surface area (Å²) in [4.78, 5) is 11.9. The largest absolute Gasteiger partial charge is 0.507 e. The fourth-order valence-corrected chi connectivity index (χ4v) is 5.06. The molecule has 6 heteroatoms. The Labute approximate surface area is 149 Å². The Kier molecular flexibility index (Phi) is 3.28. The van der Waals surface area contributed by atoms with Gasteiger partial charge in [-0.25, -0.2) is 14.5 Å². The van der Waals surface area contributed by atoms with E-state index in [1.165, 1.54) is 23.3 Å². The standard InChI is InChI=1S/C19H18N4OS/c1-2-11-7-8-13-15(9-11)25-19-16(13)18-21-17(22-23(18)10-20-19)12-5-3-4-6-14(12)24/h3-6,10-11,24H,2,7-9H2,1H3. The Morgan fingerprint density at radius 2 is 2.20 bits per heavy atom. The van der Waals surface area contributed by atoms with Gasteiger partial charge in [-0.05, 0) is 42.9 Å². The monoisotopic (exact) mass is 350 g/mol. The highest BCUT2D eigenvalue weighted by atomic mass is 32.1. The van der Waals surface area contributed by atoms with E-state index in [9.17, 15) is 5.11 Å². The zero-order valence-electron chi connectivity index (χ0n) is 13.9. The molecule has 4 aromatic rings. The number of phenols is 1. The molecule has 0 amide bonds. The van der Waals surface area contributed by atoms with Gasteiger partial charge in [0.1, 0.15) is 16.9 Å². The van der Waals surface area contributed by atoms with Crippen LogP contribution in [0.1, 0.15) is 30.2 Å². The number of thiophene rings is 1. The first-order chi connectivity index (χ1) is 12.2. The van der Waals surface area contributed by atoms with Gasteiger partial charge in [0.2, 0.25) is 0 Å². The summed E-state index contributed by atoms with van der Waals surface area (Å²) < 4.78 is 1.74. The predicted octanol–water partition coefficient (Wildman–Crippen LogP) is 4.23. The summed E-state index contributed by atoms with van der Waals surface area (Å²) in [6, 6.07) is 7.18. The van der Waals surface area contributed by atoms with Crippen LogP contribution in [0.15, 0.2) is 30.6 Å². The number of benzene rings is 1. The third-order valence-corrected chi connectivity index (χ3v) is 6.37. The summed E-state index contributed by atoms with van der Waals surface area (Å²) in [5.41, 5.74) is 2.89. The van der Waals surface area contributed by atoms with Crippen molar-refractivity contribution in [1.29, 1.82) is 0 Å². The first-order valence-electron chi connectivity index (χ1n) is 8.68. The molecule has 126 valence electrons. The van der Waals surface area contributed by atoms with Crippen LogP contribution in [0, 0.1) is 5.92 Å². The lowest BCUT2D eigenvalue weighted by Crippen LogP contribution is -2.11. The first-order valence-corrected chi connectivity index (χ1v) is 9.50. The molecule has 1 unspecified atom stereocenters. The smallest absolute Gasteiger partial charge is 0.185 e. The fraction of sp³-hybridized carbons (Fsp3) is 0.316. The lowest BCUT2D eigenvalue weighted by Gasteiger charge is -2.20. The second-order valence-corrected chi connectivity index (χ2v) is 7.75. The maximum absolute atomic E-state index is 10.1. The minimum Gasteiger partial charge on any atom is -0.507 e. The van der Waals surface area contributed by atoms with Crippen molar-refractivity contribution in [2.75, 3.05) is 0 Å². The highest BCUT2D eigenvalue weighted by molar-refractivity contribution is 7.19. The van der Waals surface area contributed by atoms with Gasteiger partial charge < -0.3 is 5.11 Å². The number of hydrogen-bond donors (Lipinski definition) is 1. The van der Waals surface area contributed by atoms with Gasteiger partial charge in [0.25, 0.3) is 0 Å². The zero-order valence-corrected chi connectivity index (χ0v) is 14.8. The van der Waals surface area contributed by atoms with Crippen molar-refractivity contribution < 1.29 is 5.11 Å². The number of phenolic OH excluding ortho intramolecular Hbond substituents is 1. The molecule has 3 aromatic heterocycles. The van der Waals surface area contributed by atoms with Crippen LogP contribution in [0.25, 0.3) is 27.3 Å². The molecule has 0 aliphatic heterocycles. The van der Waals surface area contributed by atoms with Gasteiger partial charge in [-0.1, -0.05) is 25.5 Å². The number of aromatic nitrogens is 4. The molecule has 0 saturated heterocycles. The van der Waals surface area contributed by atoms with Crippen molar-refractivity contribution in [2.24, 2.45) is 5.92 Å². The minimum atomic E-state index is 0.195. The van der Waals surface area contributed by atoms with Gasteiger partial charge in [0.05, 0.1) is 10.9 Å². The third-order valence-electron chi connectivity index (χ3n) is 5.21. The number of aryl methyl sites for hydroxylation is 1. The van der Waals surface area contributed by atoms with Crippen molar-refractivity contribution in [3.63, 3.8) is 0 Å². The van der Waals surface area contributed by atoms with Gasteiger partial charge >= 0.3 is 0 Å². The van der Waals surface area contributed by atoms with Crippen LogP contribution >= 0.6 is 11.3 Å². The average molecular weight is 350 g/mol. The van der Waals surface area contributed by atoms with E-state index in [0.29, 0.717) is 11.4 Å². The topological polar surface area (TPSA) is 63.3 Å². The number of rotatable bonds is 2. The molecule has 0 fully saturated rings. The van der Waals surface area contributed by atoms with Gasteiger partial charge in [0, 0.05) is 4.88 Å². The van der Waals surface area contributed by atoms with Gasteiger partial charge in [0.15, 0.2) is 11.5 Å². The molecule has 1 atom stereocenters. The number of nitrogens with zero attached hydrogens (tertiary/aromatic N) is 4. The summed E-state index contributed by atoms with van der Waals surface area (Å²) in [5.74, 6) is 1.52. The molecular weight excluding hydrogens is 332 g/mol. The molecule has 1 aromatic carbocycles. The molecular formula is C19H18N4OS. The normalized spacial score (nSPS) is 17.2. The van der Waals surface area contributed by atoms with Crippen LogP contribution in [0.5, 0.6) is 5.75 Å². The Bertz CT molecular complexity index is 1100. The van der Waals surface area contributed by atoms with E-state index in [0.717, 1.165) is 34.6 Å². The molecule has 5 nitrogen and oxygen atoms in total. The van der Waals surface area contributed by atoms with E-state index in [1.54, 1.807) is 34.3 Å². The maximum atomic E-state index is 10.1. The van der Waals surface area contributed by atoms with E-state index in [-0.39, 0.29) is 5.75 Å². The Balaban J connectivity index is 1.73. The Morgan fingerprint density at radius 3 is 3.04 bits per heavy atom. The molecule has 1 N–H and O–H groups in total. The van der Waals surface area contributed by atoms with Crippen LogP contribution in [0.2, 0.25) is 0 Å². The van der Waals surface area contributed by atoms with Crippen molar-refractivity contribution in [2.45, 2.75) is 32.6 Å². The quantitative estimate of drug-likeness (QED) is 0.588. The summed E-state index contributed by atoms with van der Waals surface area (Å²) in [7, 11) is 0. The zero-order chi connectivity index (χ0) is 17.0. The van der Waals surface area contributed by atoms with Gasteiger partial charge in [-0.15, -0.1) is 16.4 Å². The van der Waals surface area contributed by atoms with Crippen LogP contribution in [-0.2, 0) is 12.8 Å². The van der Waals surface area contributed by atoms with E-state index < -0.39 is 0 Å². The molecule has 25 heavy (non-hydrogen) atoms. The Hall–Kier alpha value is -2.47. The van der Waals surface area contributed by atoms with Crippen LogP contribution in [0.4, 0.5) is 0 Å². The molecule has 1 aliphatic carbocycles. The van der Waals surface area contributed by atoms with Crippen LogP contribution in [-0.4, -0.2) is 24.7 Å². The third kappa shape index (κ3) is 2.24. The number of fused-ring (bicyclic) bond motifs is 5. The highest BCUT2D eigenvalue weighted by Crippen LogP contribution is 2.39. The van der Waals surface area contributed by atoms with Crippen molar-refractivity contribution in [1.82, 2.24) is 19.6 Å².